The summed E-state index contributed by atoms with van der Waals surface area (Å²) in [6, 6.07) is 13.3. The maximum absolute atomic E-state index is 13.0. The van der Waals surface area contributed by atoms with Crippen LogP contribution in [0.3, 0.4) is 0 Å². The molecule has 8 heteroatoms. The van der Waals surface area contributed by atoms with E-state index in [-0.39, 0.29) is 11.7 Å². The minimum atomic E-state index is -0.284. The largest absolute Gasteiger partial charge is 0.455 e. The summed E-state index contributed by atoms with van der Waals surface area (Å²) in [6.07, 6.45) is 0. The van der Waals surface area contributed by atoms with E-state index >= 15 is 0 Å². The van der Waals surface area contributed by atoms with Crippen molar-refractivity contribution in [3.63, 3.8) is 0 Å². The summed E-state index contributed by atoms with van der Waals surface area (Å²) >= 11 is 1.47. The van der Waals surface area contributed by atoms with Crippen LogP contribution in [0.5, 0.6) is 0 Å². The molecule has 2 aromatic heterocycles. The Morgan fingerprint density at radius 1 is 1.04 bits per heavy atom. The van der Waals surface area contributed by atoms with Crippen LogP contribution in [0.2, 0.25) is 0 Å². The van der Waals surface area contributed by atoms with Gasteiger partial charge in [0.2, 0.25) is 0 Å². The molecule has 1 aromatic carbocycles. The van der Waals surface area contributed by atoms with E-state index in [2.05, 4.69) is 10.2 Å². The monoisotopic (exact) mass is 399 g/mol. The van der Waals surface area contributed by atoms with Gasteiger partial charge in [-0.15, -0.1) is 10.2 Å². The van der Waals surface area contributed by atoms with Crippen LogP contribution in [-0.2, 0) is 10.5 Å². The highest BCUT2D eigenvalue weighted by Gasteiger charge is 2.21. The quantitative estimate of drug-likeness (QED) is 0.610. The van der Waals surface area contributed by atoms with Crippen LogP contribution in [0.1, 0.15) is 16.3 Å². The number of halogens is 1. The van der Waals surface area contributed by atoms with Crippen molar-refractivity contribution in [1.82, 2.24) is 15.1 Å². The van der Waals surface area contributed by atoms with Gasteiger partial charge in [-0.1, -0.05) is 11.8 Å². The molecule has 1 aliphatic rings. The van der Waals surface area contributed by atoms with Crippen LogP contribution in [-0.4, -0.2) is 47.3 Å². The van der Waals surface area contributed by atoms with E-state index in [1.807, 2.05) is 12.1 Å². The number of thioether (sulfide) groups is 1. The lowest BCUT2D eigenvalue weighted by molar-refractivity contribution is 0.0282. The van der Waals surface area contributed by atoms with Crippen molar-refractivity contribution in [3.05, 3.63) is 65.9 Å². The first kappa shape index (κ1) is 18.6. The number of ether oxygens (including phenoxy) is 1. The molecule has 3 heterocycles. The van der Waals surface area contributed by atoms with E-state index in [4.69, 9.17) is 9.15 Å². The molecule has 0 bridgehead atoms. The van der Waals surface area contributed by atoms with E-state index in [1.165, 1.54) is 23.9 Å². The molecule has 0 saturated carbocycles. The van der Waals surface area contributed by atoms with Gasteiger partial charge in [0.05, 0.1) is 24.7 Å². The average molecular weight is 399 g/mol. The minimum Gasteiger partial charge on any atom is -0.455 e. The predicted octanol–water partition coefficient (Wildman–Crippen LogP) is 3.64. The third-order valence-electron chi connectivity index (χ3n) is 4.31. The Labute approximate surface area is 165 Å². The fourth-order valence-electron chi connectivity index (χ4n) is 2.81. The van der Waals surface area contributed by atoms with Crippen molar-refractivity contribution < 1.29 is 18.3 Å². The standard InChI is InChI=1S/C20H18FN3O3S/c21-15-3-1-14(2-4-15)17-6-8-19(23-22-17)28-13-16-5-7-18(27-16)20(25)24-9-11-26-12-10-24/h1-8H,9-13H2. The highest BCUT2D eigenvalue weighted by atomic mass is 32.2. The van der Waals surface area contributed by atoms with Gasteiger partial charge in [0.25, 0.3) is 5.91 Å². The molecule has 0 atom stereocenters. The van der Waals surface area contributed by atoms with Gasteiger partial charge < -0.3 is 14.1 Å². The fraction of sp³-hybridized carbons (Fsp3) is 0.250. The van der Waals surface area contributed by atoms with E-state index in [1.54, 1.807) is 29.2 Å². The highest BCUT2D eigenvalue weighted by molar-refractivity contribution is 7.98. The molecule has 1 amide bonds. The first-order chi connectivity index (χ1) is 13.7. The van der Waals surface area contributed by atoms with Gasteiger partial charge in [-0.25, -0.2) is 4.39 Å². The predicted molar refractivity (Wildman–Crippen MR) is 102 cm³/mol. The number of hydrogen-bond donors (Lipinski definition) is 0. The molecule has 0 unspecified atom stereocenters. The molecule has 144 valence electrons. The van der Waals surface area contributed by atoms with Crippen molar-refractivity contribution >= 4 is 17.7 Å². The van der Waals surface area contributed by atoms with Crippen molar-refractivity contribution in [2.24, 2.45) is 0 Å². The molecule has 4 rings (SSSR count). The van der Waals surface area contributed by atoms with E-state index < -0.39 is 0 Å². The lowest BCUT2D eigenvalue weighted by Gasteiger charge is -2.25. The van der Waals surface area contributed by atoms with Gasteiger partial charge in [-0.2, -0.15) is 0 Å². The van der Waals surface area contributed by atoms with Crippen LogP contribution in [0.4, 0.5) is 4.39 Å². The second-order valence-electron chi connectivity index (χ2n) is 6.22. The van der Waals surface area contributed by atoms with Crippen LogP contribution in [0.25, 0.3) is 11.3 Å². The zero-order valence-electron chi connectivity index (χ0n) is 15.0. The van der Waals surface area contributed by atoms with E-state index in [0.29, 0.717) is 49.3 Å². The van der Waals surface area contributed by atoms with Gasteiger partial charge in [0.15, 0.2) is 5.76 Å². The molecular formula is C20H18FN3O3S. The first-order valence-corrected chi connectivity index (χ1v) is 9.86. The number of furan rings is 1. The molecule has 0 N–H and O–H groups in total. The minimum absolute atomic E-state index is 0.108. The summed E-state index contributed by atoms with van der Waals surface area (Å²) in [4.78, 5) is 14.1. The van der Waals surface area contributed by atoms with Gasteiger partial charge in [0.1, 0.15) is 16.6 Å². The van der Waals surface area contributed by atoms with Crippen molar-refractivity contribution in [1.29, 1.82) is 0 Å². The molecule has 28 heavy (non-hydrogen) atoms. The van der Waals surface area contributed by atoms with E-state index in [0.717, 1.165) is 10.6 Å². The third kappa shape index (κ3) is 4.40. The van der Waals surface area contributed by atoms with Gasteiger partial charge in [-0.05, 0) is 48.5 Å². The maximum Gasteiger partial charge on any atom is 0.289 e. The number of rotatable bonds is 5. The maximum atomic E-state index is 13.0. The Balaban J connectivity index is 1.35. The van der Waals surface area contributed by atoms with Gasteiger partial charge >= 0.3 is 0 Å². The summed E-state index contributed by atoms with van der Waals surface area (Å²) < 4.78 is 24.0. The zero-order valence-corrected chi connectivity index (χ0v) is 15.8. The molecule has 1 aliphatic heterocycles. The zero-order chi connectivity index (χ0) is 19.3. The second-order valence-corrected chi connectivity index (χ2v) is 7.22. The van der Waals surface area contributed by atoms with Crippen LogP contribution in [0.15, 0.2) is 58.0 Å². The lowest BCUT2D eigenvalue weighted by atomic mass is 10.1. The lowest BCUT2D eigenvalue weighted by Crippen LogP contribution is -2.40. The smallest absolute Gasteiger partial charge is 0.289 e. The Morgan fingerprint density at radius 3 is 2.54 bits per heavy atom. The van der Waals surface area contributed by atoms with Crippen molar-refractivity contribution in [2.45, 2.75) is 10.8 Å². The molecule has 0 aliphatic carbocycles. The molecule has 1 fully saturated rings. The Morgan fingerprint density at radius 2 is 1.82 bits per heavy atom. The van der Waals surface area contributed by atoms with E-state index in [9.17, 15) is 9.18 Å². The number of carbonyl (C=O) groups excluding carboxylic acids is 1. The number of carbonyl (C=O) groups is 1. The summed E-state index contributed by atoms with van der Waals surface area (Å²) in [5.41, 5.74) is 1.49. The Hall–Kier alpha value is -2.71. The number of aromatic nitrogens is 2. The SMILES string of the molecule is O=C(c1ccc(CSc2ccc(-c3ccc(F)cc3)nn2)o1)N1CCOCC1. The van der Waals surface area contributed by atoms with Crippen LogP contribution >= 0.6 is 11.8 Å². The summed E-state index contributed by atoms with van der Waals surface area (Å²) in [7, 11) is 0. The molecule has 0 radical (unpaired) electrons. The van der Waals surface area contributed by atoms with Gasteiger partial charge in [0, 0.05) is 18.7 Å². The molecule has 6 nitrogen and oxygen atoms in total. The molecule has 0 spiro atoms. The normalized spacial score (nSPS) is 14.2. The van der Waals surface area contributed by atoms with Crippen LogP contribution in [0, 0.1) is 5.82 Å². The molecule has 3 aromatic rings. The van der Waals surface area contributed by atoms with Crippen molar-refractivity contribution in [2.75, 3.05) is 26.3 Å². The number of nitrogens with zero attached hydrogens (tertiary/aromatic N) is 3. The number of benzene rings is 1. The summed E-state index contributed by atoms with van der Waals surface area (Å²) in [5, 5.41) is 9.12. The highest BCUT2D eigenvalue weighted by Crippen LogP contribution is 2.24. The third-order valence-corrected chi connectivity index (χ3v) is 5.26. The van der Waals surface area contributed by atoms with Gasteiger partial charge in [-0.3, -0.25) is 4.79 Å². The summed E-state index contributed by atoms with van der Waals surface area (Å²) in [5.74, 6) is 1.19. The number of morpholine rings is 1. The topological polar surface area (TPSA) is 68.5 Å². The molecule has 1 saturated heterocycles. The fourth-order valence-corrected chi connectivity index (χ4v) is 3.52. The number of hydrogen-bond acceptors (Lipinski definition) is 6. The Kier molecular flexibility index (Phi) is 5.68. The van der Waals surface area contributed by atoms with Crippen molar-refractivity contribution in [3.8, 4) is 11.3 Å². The molecular weight excluding hydrogens is 381 g/mol. The number of amides is 1. The Bertz CT molecular complexity index is 938. The summed E-state index contributed by atoms with van der Waals surface area (Å²) in [6.45, 7) is 2.28. The first-order valence-electron chi connectivity index (χ1n) is 8.87. The second kappa shape index (κ2) is 8.53. The van der Waals surface area contributed by atoms with Crippen LogP contribution < -0.4 is 0 Å². The average Bonchev–Trinajstić information content (AvgIpc) is 3.22.